The molecule has 0 aromatic rings. The van der Waals surface area contributed by atoms with Gasteiger partial charge >= 0.3 is 43.8 Å². The fourth-order valence-corrected chi connectivity index (χ4v) is 2.36. The molecule has 2 N–H and O–H groups in total. The van der Waals surface area contributed by atoms with Crippen LogP contribution in [0.2, 0.25) is 0 Å². The van der Waals surface area contributed by atoms with Crippen LogP contribution in [0.15, 0.2) is 0 Å². The van der Waals surface area contributed by atoms with Gasteiger partial charge in [0.15, 0.2) is 0 Å². The molecule has 0 bridgehead atoms. The number of nitrogens with one attached hydrogen (secondary N) is 2. The number of amides is 4. The van der Waals surface area contributed by atoms with Crippen LogP contribution in [0.5, 0.6) is 0 Å². The number of hydrogen-bond acceptors (Lipinski definition) is 3. The second kappa shape index (κ2) is 6.71. The maximum atomic E-state index is 11.9. The van der Waals surface area contributed by atoms with E-state index in [9.17, 15) is 14.4 Å². The molecular weight excluding hydrogens is 248 g/mol. The van der Waals surface area contributed by atoms with Crippen LogP contribution in [0, 0.1) is 11.3 Å². The third-order valence-corrected chi connectivity index (χ3v) is 3.39. The third kappa shape index (κ3) is 3.01. The van der Waals surface area contributed by atoms with Gasteiger partial charge in [-0.25, -0.2) is 4.79 Å². The largest absolute Gasteiger partial charge is 2.00 e. The minimum atomic E-state index is -1.09. The van der Waals surface area contributed by atoms with Crippen molar-refractivity contribution in [2.24, 2.45) is 11.3 Å². The first kappa shape index (κ1) is 16.9. The molecule has 0 spiro atoms. The van der Waals surface area contributed by atoms with Crippen molar-refractivity contribution in [3.05, 3.63) is 0 Å². The average Bonchev–Trinajstić information content (AvgIpc) is 2.18. The van der Waals surface area contributed by atoms with E-state index in [1.807, 2.05) is 13.8 Å². The van der Waals surface area contributed by atoms with Crippen molar-refractivity contribution in [2.45, 2.75) is 40.0 Å². The Kier molecular flexibility index (Phi) is 6.66. The van der Waals surface area contributed by atoms with E-state index < -0.39 is 23.3 Å². The average molecular weight is 266 g/mol. The molecule has 0 saturated carbocycles. The summed E-state index contributed by atoms with van der Waals surface area (Å²) in [4.78, 5) is 34.8. The molecular formula is C11H18CaN2O3+2. The van der Waals surface area contributed by atoms with Crippen LogP contribution < -0.4 is 10.6 Å². The summed E-state index contributed by atoms with van der Waals surface area (Å²) in [5.41, 5.74) is -1.09. The molecule has 1 aliphatic heterocycles. The van der Waals surface area contributed by atoms with Crippen LogP contribution >= 0.6 is 0 Å². The van der Waals surface area contributed by atoms with Gasteiger partial charge in [-0.2, -0.15) is 0 Å². The van der Waals surface area contributed by atoms with Crippen molar-refractivity contribution < 1.29 is 14.4 Å². The molecule has 5 nitrogen and oxygen atoms in total. The fraction of sp³-hybridized carbons (Fsp3) is 0.727. The number of carbonyl (C=O) groups excluding carboxylic acids is 3. The quantitative estimate of drug-likeness (QED) is 0.584. The Labute approximate surface area is 131 Å². The topological polar surface area (TPSA) is 75.3 Å². The minimum absolute atomic E-state index is 0. The van der Waals surface area contributed by atoms with Crippen LogP contribution in [0.4, 0.5) is 4.79 Å². The summed E-state index contributed by atoms with van der Waals surface area (Å²) in [7, 11) is 0. The fourth-order valence-electron chi connectivity index (χ4n) is 2.36. The summed E-state index contributed by atoms with van der Waals surface area (Å²) in [5, 5.41) is 4.36. The van der Waals surface area contributed by atoms with Crippen LogP contribution in [0.25, 0.3) is 0 Å². The predicted octanol–water partition coefficient (Wildman–Crippen LogP) is 0.804. The van der Waals surface area contributed by atoms with Crippen LogP contribution in [-0.4, -0.2) is 55.6 Å². The summed E-state index contributed by atoms with van der Waals surface area (Å²) in [5.74, 6) is -1.01. The Bertz CT molecular complexity index is 311. The molecule has 1 heterocycles. The first-order valence-corrected chi connectivity index (χ1v) is 5.65. The molecule has 1 atom stereocenters. The van der Waals surface area contributed by atoms with Gasteiger partial charge < -0.3 is 0 Å². The molecule has 1 aliphatic rings. The molecule has 4 amide bonds. The number of barbiturate groups is 1. The molecule has 17 heavy (non-hydrogen) atoms. The molecule has 90 valence electrons. The van der Waals surface area contributed by atoms with E-state index in [1.54, 1.807) is 6.92 Å². The summed E-state index contributed by atoms with van der Waals surface area (Å²) >= 11 is 0. The number of carbonyl (C=O) groups is 3. The summed E-state index contributed by atoms with van der Waals surface area (Å²) in [6.45, 7) is 5.67. The normalized spacial score (nSPS) is 20.1. The summed E-state index contributed by atoms with van der Waals surface area (Å²) in [6, 6.07) is -0.720. The van der Waals surface area contributed by atoms with Crippen LogP contribution in [0.1, 0.15) is 40.0 Å². The third-order valence-electron chi connectivity index (χ3n) is 3.39. The summed E-state index contributed by atoms with van der Waals surface area (Å²) in [6.07, 6.45) is 2.08. The molecule has 6 heteroatoms. The number of urea groups is 1. The second-order valence-corrected chi connectivity index (χ2v) is 4.25. The Morgan fingerprint density at radius 1 is 1.12 bits per heavy atom. The molecule has 0 radical (unpaired) electrons. The Morgan fingerprint density at radius 3 is 1.94 bits per heavy atom. The Hall–Kier alpha value is -0.130. The second-order valence-electron chi connectivity index (χ2n) is 4.25. The van der Waals surface area contributed by atoms with E-state index in [0.717, 1.165) is 12.8 Å². The Balaban J connectivity index is 0.00000256. The van der Waals surface area contributed by atoms with Gasteiger partial charge in [-0.15, -0.1) is 0 Å². The zero-order valence-electron chi connectivity index (χ0n) is 10.6. The van der Waals surface area contributed by atoms with Gasteiger partial charge in [0.25, 0.3) is 0 Å². The molecule has 0 aromatic heterocycles. The van der Waals surface area contributed by atoms with Crippen LogP contribution in [0.3, 0.4) is 0 Å². The first-order valence-electron chi connectivity index (χ1n) is 5.65. The maximum absolute atomic E-state index is 11.9. The monoisotopic (exact) mass is 266 g/mol. The molecule has 1 rings (SSSR count). The SMILES string of the molecule is CCCC(C)C1(CC)C(=O)NC(=O)NC1=O.[Ca+2]. The standard InChI is InChI=1S/C11H18N2O3.Ca/c1-4-6-7(3)11(5-2)8(14)12-10(16)13-9(11)15;/h7H,4-6H2,1-3H3,(H2,12,13,14,15,16);/q;+2. The van der Waals surface area contributed by atoms with E-state index in [4.69, 9.17) is 0 Å². The van der Waals surface area contributed by atoms with Crippen LogP contribution in [-0.2, 0) is 9.59 Å². The van der Waals surface area contributed by atoms with Crippen molar-refractivity contribution in [2.75, 3.05) is 0 Å². The molecule has 0 aliphatic carbocycles. The number of hydrogen-bond donors (Lipinski definition) is 2. The minimum Gasteiger partial charge on any atom is -0.277 e. The van der Waals surface area contributed by atoms with Crippen molar-refractivity contribution in [1.29, 1.82) is 0 Å². The van der Waals surface area contributed by atoms with Gasteiger partial charge in [-0.05, 0) is 18.8 Å². The van der Waals surface area contributed by atoms with Crippen molar-refractivity contribution in [1.82, 2.24) is 10.6 Å². The van der Waals surface area contributed by atoms with Crippen molar-refractivity contribution in [3.8, 4) is 0 Å². The first-order chi connectivity index (χ1) is 7.48. The number of imide groups is 2. The molecule has 1 unspecified atom stereocenters. The van der Waals surface area contributed by atoms with Gasteiger partial charge in [0, 0.05) is 0 Å². The zero-order chi connectivity index (χ0) is 12.3. The van der Waals surface area contributed by atoms with Gasteiger partial charge in [-0.3, -0.25) is 20.2 Å². The van der Waals surface area contributed by atoms with Gasteiger partial charge in [0.1, 0.15) is 5.41 Å². The van der Waals surface area contributed by atoms with E-state index in [0.29, 0.717) is 6.42 Å². The molecule has 1 fully saturated rings. The van der Waals surface area contributed by atoms with Gasteiger partial charge in [-0.1, -0.05) is 27.2 Å². The van der Waals surface area contributed by atoms with Crippen molar-refractivity contribution >= 4 is 55.6 Å². The van der Waals surface area contributed by atoms with Gasteiger partial charge in [0.05, 0.1) is 0 Å². The molecule has 1 saturated heterocycles. The summed E-state index contributed by atoms with van der Waals surface area (Å²) < 4.78 is 0. The zero-order valence-corrected chi connectivity index (χ0v) is 12.8. The van der Waals surface area contributed by atoms with E-state index in [2.05, 4.69) is 10.6 Å². The Morgan fingerprint density at radius 2 is 1.59 bits per heavy atom. The van der Waals surface area contributed by atoms with Gasteiger partial charge in [0.2, 0.25) is 11.8 Å². The van der Waals surface area contributed by atoms with E-state index >= 15 is 0 Å². The predicted molar refractivity (Wildman–Crippen MR) is 64.2 cm³/mol. The van der Waals surface area contributed by atoms with Crippen molar-refractivity contribution in [3.63, 3.8) is 0 Å². The smallest absolute Gasteiger partial charge is 0.277 e. The van der Waals surface area contributed by atoms with E-state index in [-0.39, 0.29) is 43.7 Å². The number of rotatable bonds is 4. The van der Waals surface area contributed by atoms with E-state index in [1.165, 1.54) is 0 Å². The maximum Gasteiger partial charge on any atom is 2.00 e. The molecule has 0 aromatic carbocycles.